The summed E-state index contributed by atoms with van der Waals surface area (Å²) in [5.41, 5.74) is 0. The van der Waals surface area contributed by atoms with Crippen LogP contribution in [0.2, 0.25) is 0 Å². The molecule has 0 atom stereocenters. The molecule has 0 aromatic carbocycles. The highest BCUT2D eigenvalue weighted by Crippen LogP contribution is 2.23. The zero-order valence-corrected chi connectivity index (χ0v) is 6.56. The summed E-state index contributed by atoms with van der Waals surface area (Å²) in [5.74, 6) is 1.21. The lowest BCUT2D eigenvalue weighted by molar-refractivity contribution is 0.457. The normalized spacial score (nSPS) is 9.70. The molecule has 2 nitrogen and oxygen atoms in total. The fraction of sp³-hybridized carbons (Fsp3) is 0.286. The maximum atomic E-state index is 9.16. The van der Waals surface area contributed by atoms with Crippen molar-refractivity contribution in [1.29, 1.82) is 0 Å². The van der Waals surface area contributed by atoms with Crippen molar-refractivity contribution in [3.8, 4) is 5.75 Å². The minimum absolute atomic E-state index is 0.273. The Hall–Kier alpha value is -0.700. The molecule has 0 fully saturated rings. The molecule has 0 aliphatic heterocycles. The Morgan fingerprint density at radius 1 is 1.70 bits per heavy atom. The number of hydrogen-bond donors (Lipinski definition) is 1. The van der Waals surface area contributed by atoms with Crippen LogP contribution in [0.4, 0.5) is 0 Å². The van der Waals surface area contributed by atoms with Crippen LogP contribution in [-0.2, 0) is 0 Å². The molecule has 0 unspecified atom stereocenters. The van der Waals surface area contributed by atoms with Crippen molar-refractivity contribution in [2.75, 3.05) is 5.75 Å². The maximum Gasteiger partial charge on any atom is 0.147 e. The molecule has 1 heterocycles. The minimum Gasteiger partial charge on any atom is -0.505 e. The molecular formula is C7H9NOS. The highest BCUT2D eigenvalue weighted by Gasteiger charge is 1.97. The van der Waals surface area contributed by atoms with Gasteiger partial charge in [-0.3, -0.25) is 0 Å². The first-order valence-corrected chi connectivity index (χ1v) is 4.10. The standard InChI is InChI=1S/C7H9NOS/c1-2-10-7-6(9)4-3-5-8-7/h3-5,9H,2H2,1H3. The molecule has 0 saturated heterocycles. The number of aromatic nitrogens is 1. The van der Waals surface area contributed by atoms with Crippen LogP contribution >= 0.6 is 11.8 Å². The molecule has 0 spiro atoms. The summed E-state index contributed by atoms with van der Waals surface area (Å²) in [4.78, 5) is 3.98. The summed E-state index contributed by atoms with van der Waals surface area (Å²) in [6.45, 7) is 2.03. The molecule has 0 aliphatic rings. The fourth-order valence-electron chi connectivity index (χ4n) is 0.630. The first-order chi connectivity index (χ1) is 4.84. The van der Waals surface area contributed by atoms with Gasteiger partial charge in [-0.25, -0.2) is 4.98 Å². The Balaban J connectivity index is 2.81. The molecule has 0 saturated carbocycles. The van der Waals surface area contributed by atoms with Gasteiger partial charge in [0.1, 0.15) is 10.8 Å². The van der Waals surface area contributed by atoms with E-state index in [4.69, 9.17) is 5.11 Å². The summed E-state index contributed by atoms with van der Waals surface area (Å²) in [7, 11) is 0. The molecular weight excluding hydrogens is 146 g/mol. The highest BCUT2D eigenvalue weighted by atomic mass is 32.2. The van der Waals surface area contributed by atoms with Gasteiger partial charge in [-0.2, -0.15) is 0 Å². The monoisotopic (exact) mass is 155 g/mol. The summed E-state index contributed by atoms with van der Waals surface area (Å²) >= 11 is 1.54. The van der Waals surface area contributed by atoms with E-state index in [9.17, 15) is 0 Å². The van der Waals surface area contributed by atoms with Gasteiger partial charge in [0, 0.05) is 6.20 Å². The molecule has 54 valence electrons. The van der Waals surface area contributed by atoms with E-state index in [1.54, 1.807) is 30.1 Å². The van der Waals surface area contributed by atoms with Crippen molar-refractivity contribution in [1.82, 2.24) is 4.98 Å². The predicted molar refractivity (Wildman–Crippen MR) is 42.3 cm³/mol. The van der Waals surface area contributed by atoms with Crippen molar-refractivity contribution in [2.24, 2.45) is 0 Å². The third-order valence-electron chi connectivity index (χ3n) is 1.03. The van der Waals surface area contributed by atoms with Crippen molar-refractivity contribution < 1.29 is 5.11 Å². The Labute approximate surface area is 64.3 Å². The number of pyridine rings is 1. The molecule has 3 heteroatoms. The topological polar surface area (TPSA) is 33.1 Å². The van der Waals surface area contributed by atoms with Gasteiger partial charge in [-0.1, -0.05) is 6.92 Å². The molecule has 10 heavy (non-hydrogen) atoms. The third-order valence-corrected chi connectivity index (χ3v) is 1.91. The Morgan fingerprint density at radius 2 is 2.50 bits per heavy atom. The van der Waals surface area contributed by atoms with Gasteiger partial charge in [-0.05, 0) is 17.9 Å². The molecule has 1 rings (SSSR count). The fourth-order valence-corrected chi connectivity index (χ4v) is 1.26. The van der Waals surface area contributed by atoms with E-state index in [2.05, 4.69) is 4.98 Å². The van der Waals surface area contributed by atoms with E-state index in [1.165, 1.54) is 0 Å². The van der Waals surface area contributed by atoms with Crippen molar-refractivity contribution >= 4 is 11.8 Å². The smallest absolute Gasteiger partial charge is 0.147 e. The summed E-state index contributed by atoms with van der Waals surface area (Å²) < 4.78 is 0. The van der Waals surface area contributed by atoms with Crippen molar-refractivity contribution in [3.05, 3.63) is 18.3 Å². The zero-order chi connectivity index (χ0) is 7.40. The van der Waals surface area contributed by atoms with E-state index in [0.717, 1.165) is 5.75 Å². The Kier molecular flexibility index (Phi) is 2.57. The molecule has 0 amide bonds. The molecule has 1 aromatic rings. The summed E-state index contributed by atoms with van der Waals surface area (Å²) in [5, 5.41) is 9.87. The van der Waals surface area contributed by atoms with E-state index in [1.807, 2.05) is 6.92 Å². The van der Waals surface area contributed by atoms with Crippen LogP contribution in [0, 0.1) is 0 Å². The van der Waals surface area contributed by atoms with Crippen LogP contribution in [0.3, 0.4) is 0 Å². The first-order valence-electron chi connectivity index (χ1n) is 3.11. The number of nitrogens with zero attached hydrogens (tertiary/aromatic N) is 1. The van der Waals surface area contributed by atoms with E-state index < -0.39 is 0 Å². The maximum absolute atomic E-state index is 9.16. The van der Waals surface area contributed by atoms with Gasteiger partial charge in [0.05, 0.1) is 0 Å². The third kappa shape index (κ3) is 1.64. The van der Waals surface area contributed by atoms with Crippen LogP contribution < -0.4 is 0 Å². The van der Waals surface area contributed by atoms with Crippen molar-refractivity contribution in [2.45, 2.75) is 11.9 Å². The lowest BCUT2D eigenvalue weighted by Gasteiger charge is -1.97. The van der Waals surface area contributed by atoms with Gasteiger partial charge in [0.25, 0.3) is 0 Å². The van der Waals surface area contributed by atoms with Gasteiger partial charge in [-0.15, -0.1) is 11.8 Å². The van der Waals surface area contributed by atoms with Gasteiger partial charge in [0.2, 0.25) is 0 Å². The second-order valence-corrected chi connectivity index (χ2v) is 3.01. The van der Waals surface area contributed by atoms with E-state index in [-0.39, 0.29) is 5.75 Å². The molecule has 0 bridgehead atoms. The van der Waals surface area contributed by atoms with Crippen molar-refractivity contribution in [3.63, 3.8) is 0 Å². The summed E-state index contributed by atoms with van der Waals surface area (Å²) in [6.07, 6.45) is 1.68. The SMILES string of the molecule is CCSc1ncccc1O. The molecule has 0 aliphatic carbocycles. The highest BCUT2D eigenvalue weighted by molar-refractivity contribution is 7.99. The quantitative estimate of drug-likeness (QED) is 0.662. The molecule has 0 radical (unpaired) electrons. The van der Waals surface area contributed by atoms with Crippen LogP contribution in [-0.4, -0.2) is 15.8 Å². The average molecular weight is 155 g/mol. The van der Waals surface area contributed by atoms with Gasteiger partial charge in [0.15, 0.2) is 0 Å². The largest absolute Gasteiger partial charge is 0.505 e. The van der Waals surface area contributed by atoms with Gasteiger partial charge < -0.3 is 5.11 Å². The second-order valence-electron chi connectivity index (χ2n) is 1.76. The number of thioether (sulfide) groups is 1. The minimum atomic E-state index is 0.273. The van der Waals surface area contributed by atoms with Crippen LogP contribution in [0.15, 0.2) is 23.4 Å². The Bertz CT molecular complexity index is 215. The van der Waals surface area contributed by atoms with E-state index >= 15 is 0 Å². The number of aromatic hydroxyl groups is 1. The van der Waals surface area contributed by atoms with Crippen LogP contribution in [0.25, 0.3) is 0 Å². The first kappa shape index (κ1) is 7.41. The Morgan fingerprint density at radius 3 is 3.10 bits per heavy atom. The van der Waals surface area contributed by atoms with E-state index in [0.29, 0.717) is 5.03 Å². The van der Waals surface area contributed by atoms with Crippen LogP contribution in [0.5, 0.6) is 5.75 Å². The molecule has 1 N–H and O–H groups in total. The zero-order valence-electron chi connectivity index (χ0n) is 5.74. The van der Waals surface area contributed by atoms with Gasteiger partial charge >= 0.3 is 0 Å². The lowest BCUT2D eigenvalue weighted by atomic mass is 10.5. The predicted octanol–water partition coefficient (Wildman–Crippen LogP) is 1.90. The molecule has 1 aromatic heterocycles. The lowest BCUT2D eigenvalue weighted by Crippen LogP contribution is -1.78. The van der Waals surface area contributed by atoms with Crippen LogP contribution in [0.1, 0.15) is 6.92 Å². The average Bonchev–Trinajstić information content (AvgIpc) is 1.94. The second kappa shape index (κ2) is 3.46. The summed E-state index contributed by atoms with van der Waals surface area (Å²) in [6, 6.07) is 3.36. The number of hydrogen-bond acceptors (Lipinski definition) is 3. The number of rotatable bonds is 2.